The number of anilines is 4. The van der Waals surface area contributed by atoms with E-state index in [0.29, 0.717) is 11.2 Å². The van der Waals surface area contributed by atoms with Gasteiger partial charge in [-0.3, -0.25) is 10.1 Å². The summed E-state index contributed by atoms with van der Waals surface area (Å²) in [6.07, 6.45) is 1.09. The molecule has 0 fully saturated rings. The lowest BCUT2D eigenvalue weighted by atomic mass is 10.3. The molecule has 0 unspecified atom stereocenters. The van der Waals surface area contributed by atoms with Crippen molar-refractivity contribution in [2.24, 2.45) is 0 Å². The van der Waals surface area contributed by atoms with Gasteiger partial charge in [0.25, 0.3) is 0 Å². The summed E-state index contributed by atoms with van der Waals surface area (Å²) in [4.78, 5) is 23.7. The Bertz CT molecular complexity index is 975. The first-order valence-corrected chi connectivity index (χ1v) is 8.09. The maximum absolute atomic E-state index is 13.8. The summed E-state index contributed by atoms with van der Waals surface area (Å²) in [6, 6.07) is 2.81. The quantitative estimate of drug-likeness (QED) is 0.506. The molecule has 0 aliphatic carbocycles. The van der Waals surface area contributed by atoms with Crippen LogP contribution in [0.5, 0.6) is 0 Å². The van der Waals surface area contributed by atoms with E-state index < -0.39 is 22.2 Å². The third kappa shape index (κ3) is 3.57. The fourth-order valence-corrected chi connectivity index (χ4v) is 2.89. The summed E-state index contributed by atoms with van der Waals surface area (Å²) in [7, 11) is 0. The van der Waals surface area contributed by atoms with Crippen molar-refractivity contribution < 1.29 is 13.7 Å². The highest BCUT2D eigenvalue weighted by atomic mass is 32.1. The summed E-state index contributed by atoms with van der Waals surface area (Å²) in [5, 5.41) is 17.2. The molecule has 0 aliphatic rings. The number of thiazole rings is 1. The van der Waals surface area contributed by atoms with Gasteiger partial charge in [-0.15, -0.1) is 11.3 Å². The number of nitro groups is 1. The third-order valence-electron chi connectivity index (χ3n) is 3.44. The van der Waals surface area contributed by atoms with Gasteiger partial charge in [0, 0.05) is 10.9 Å². The van der Waals surface area contributed by atoms with Crippen LogP contribution in [0.2, 0.25) is 0 Å². The van der Waals surface area contributed by atoms with E-state index in [1.807, 2.05) is 13.8 Å². The molecule has 0 amide bonds. The van der Waals surface area contributed by atoms with Gasteiger partial charge in [0.15, 0.2) is 5.13 Å². The summed E-state index contributed by atoms with van der Waals surface area (Å²) in [6.45, 7) is 3.69. The van der Waals surface area contributed by atoms with Gasteiger partial charge < -0.3 is 10.6 Å². The smallest absolute Gasteiger partial charge is 0.332 e. The zero-order valence-electron chi connectivity index (χ0n) is 13.6. The lowest BCUT2D eigenvalue weighted by molar-refractivity contribution is -0.383. The lowest BCUT2D eigenvalue weighted by Gasteiger charge is -2.09. The molecule has 3 aromatic rings. The Morgan fingerprint density at radius 1 is 1.15 bits per heavy atom. The van der Waals surface area contributed by atoms with Crippen molar-refractivity contribution in [3.05, 3.63) is 56.8 Å². The average Bonchev–Trinajstić information content (AvgIpc) is 2.87. The zero-order valence-corrected chi connectivity index (χ0v) is 14.4. The fourth-order valence-electron chi connectivity index (χ4n) is 2.08. The molecule has 3 rings (SSSR count). The van der Waals surface area contributed by atoms with Gasteiger partial charge in [0.05, 0.1) is 16.3 Å². The Morgan fingerprint density at radius 2 is 1.85 bits per heavy atom. The summed E-state index contributed by atoms with van der Waals surface area (Å²) in [5.41, 5.74) is 0.155. The molecule has 26 heavy (non-hydrogen) atoms. The molecule has 2 aromatic heterocycles. The van der Waals surface area contributed by atoms with Gasteiger partial charge in [0.1, 0.15) is 18.0 Å². The van der Waals surface area contributed by atoms with Crippen LogP contribution in [0.3, 0.4) is 0 Å². The first-order chi connectivity index (χ1) is 12.3. The summed E-state index contributed by atoms with van der Waals surface area (Å²) >= 11 is 1.32. The van der Waals surface area contributed by atoms with E-state index in [1.165, 1.54) is 11.3 Å². The number of benzene rings is 1. The molecule has 0 saturated carbocycles. The van der Waals surface area contributed by atoms with E-state index in [0.717, 1.165) is 29.0 Å². The Labute approximate surface area is 150 Å². The average molecular weight is 378 g/mol. The van der Waals surface area contributed by atoms with Crippen LogP contribution in [0.1, 0.15) is 10.6 Å². The molecule has 134 valence electrons. The van der Waals surface area contributed by atoms with E-state index in [4.69, 9.17) is 0 Å². The van der Waals surface area contributed by atoms with Crippen molar-refractivity contribution in [3.8, 4) is 0 Å². The number of nitrogens with zero attached hydrogens (tertiary/aromatic N) is 4. The van der Waals surface area contributed by atoms with Crippen molar-refractivity contribution >= 4 is 39.5 Å². The van der Waals surface area contributed by atoms with Crippen molar-refractivity contribution in [1.29, 1.82) is 0 Å². The molecule has 0 saturated heterocycles. The van der Waals surface area contributed by atoms with Crippen LogP contribution in [0, 0.1) is 35.6 Å². The van der Waals surface area contributed by atoms with Crippen molar-refractivity contribution in [3.63, 3.8) is 0 Å². The molecule has 2 N–H and O–H groups in total. The summed E-state index contributed by atoms with van der Waals surface area (Å²) < 4.78 is 26.8. The van der Waals surface area contributed by atoms with E-state index in [1.54, 1.807) is 0 Å². The molecule has 0 aliphatic heterocycles. The predicted octanol–water partition coefficient (Wildman–Crippen LogP) is 4.22. The molecular formula is C15H12F2N6O2S. The monoisotopic (exact) mass is 378 g/mol. The first-order valence-electron chi connectivity index (χ1n) is 7.27. The van der Waals surface area contributed by atoms with Crippen LogP contribution in [0.4, 0.5) is 36.9 Å². The Kier molecular flexibility index (Phi) is 4.71. The summed E-state index contributed by atoms with van der Waals surface area (Å²) in [5.74, 6) is -1.99. The molecule has 8 nitrogen and oxygen atoms in total. The molecule has 0 bridgehead atoms. The highest BCUT2D eigenvalue weighted by Gasteiger charge is 2.24. The maximum Gasteiger partial charge on any atom is 0.353 e. The Hall–Kier alpha value is -3.21. The molecule has 1 aromatic carbocycles. The van der Waals surface area contributed by atoms with Crippen LogP contribution in [0.25, 0.3) is 0 Å². The number of nitrogens with one attached hydrogen (secondary N) is 2. The topological polar surface area (TPSA) is 106 Å². The molecular weight excluding hydrogens is 366 g/mol. The first kappa shape index (κ1) is 17.6. The second-order valence-corrected chi connectivity index (χ2v) is 6.41. The third-order valence-corrected chi connectivity index (χ3v) is 4.43. The Morgan fingerprint density at radius 3 is 2.42 bits per heavy atom. The van der Waals surface area contributed by atoms with E-state index in [9.17, 15) is 18.9 Å². The van der Waals surface area contributed by atoms with Crippen LogP contribution in [0.15, 0.2) is 24.5 Å². The molecule has 0 atom stereocenters. The normalized spacial score (nSPS) is 10.6. The standard InChI is InChI=1S/C15H12F2N6O2S/c1-7-8(2)26-15(20-7)22-14-12(23(24)25)13(18-6-19-14)21-11-4-3-9(16)5-10(11)17/h3-6H,1-2H3,(H2,18,19,20,21,22). The van der Waals surface area contributed by atoms with E-state index >= 15 is 0 Å². The molecule has 11 heteroatoms. The van der Waals surface area contributed by atoms with Gasteiger partial charge in [0.2, 0.25) is 11.6 Å². The second kappa shape index (κ2) is 6.96. The van der Waals surface area contributed by atoms with E-state index in [2.05, 4.69) is 25.6 Å². The van der Waals surface area contributed by atoms with Crippen molar-refractivity contribution in [2.45, 2.75) is 13.8 Å². The van der Waals surface area contributed by atoms with Crippen LogP contribution in [-0.2, 0) is 0 Å². The highest BCUT2D eigenvalue weighted by Crippen LogP contribution is 2.34. The second-order valence-electron chi connectivity index (χ2n) is 5.21. The lowest BCUT2D eigenvalue weighted by Crippen LogP contribution is -2.06. The molecule has 0 radical (unpaired) electrons. The van der Waals surface area contributed by atoms with Crippen LogP contribution in [-0.4, -0.2) is 19.9 Å². The number of hydrogen-bond acceptors (Lipinski definition) is 8. The van der Waals surface area contributed by atoms with Gasteiger partial charge >= 0.3 is 5.69 Å². The van der Waals surface area contributed by atoms with Crippen LogP contribution >= 0.6 is 11.3 Å². The Balaban J connectivity index is 1.99. The van der Waals surface area contributed by atoms with Gasteiger partial charge in [-0.1, -0.05) is 0 Å². The molecule has 2 heterocycles. The number of rotatable bonds is 5. The number of halogens is 2. The minimum atomic E-state index is -0.904. The molecule has 0 spiro atoms. The van der Waals surface area contributed by atoms with Crippen molar-refractivity contribution in [2.75, 3.05) is 10.6 Å². The number of hydrogen-bond donors (Lipinski definition) is 2. The fraction of sp³-hybridized carbons (Fsp3) is 0.133. The zero-order chi connectivity index (χ0) is 18.8. The minimum Gasteiger partial charge on any atom is -0.332 e. The maximum atomic E-state index is 13.8. The minimum absolute atomic E-state index is 0.0937. The largest absolute Gasteiger partial charge is 0.353 e. The number of aryl methyl sites for hydroxylation is 2. The highest BCUT2D eigenvalue weighted by molar-refractivity contribution is 7.15. The van der Waals surface area contributed by atoms with E-state index in [-0.39, 0.29) is 17.3 Å². The van der Waals surface area contributed by atoms with Gasteiger partial charge in [-0.25, -0.2) is 23.7 Å². The van der Waals surface area contributed by atoms with Crippen LogP contribution < -0.4 is 10.6 Å². The van der Waals surface area contributed by atoms with Crippen molar-refractivity contribution in [1.82, 2.24) is 15.0 Å². The predicted molar refractivity (Wildman–Crippen MR) is 93.2 cm³/mol. The van der Waals surface area contributed by atoms with Gasteiger partial charge in [-0.2, -0.15) is 0 Å². The van der Waals surface area contributed by atoms with Gasteiger partial charge in [-0.05, 0) is 26.0 Å². The number of aromatic nitrogens is 3. The SMILES string of the molecule is Cc1nc(Nc2ncnc(Nc3ccc(F)cc3F)c2[N+](=O)[O-])sc1C.